The molecule has 3 nitrogen and oxygen atoms in total. The molecule has 1 aromatic carbocycles. The predicted octanol–water partition coefficient (Wildman–Crippen LogP) is 2.66. The van der Waals surface area contributed by atoms with E-state index in [4.69, 9.17) is 11.6 Å². The third-order valence-electron chi connectivity index (χ3n) is 2.51. The molecule has 0 aromatic heterocycles. The van der Waals surface area contributed by atoms with Gasteiger partial charge in [-0.2, -0.15) is 0 Å². The molecule has 0 spiro atoms. The van der Waals surface area contributed by atoms with Gasteiger partial charge in [0.2, 0.25) is 0 Å². The van der Waals surface area contributed by atoms with Crippen molar-refractivity contribution in [1.82, 2.24) is 0 Å². The monoisotopic (exact) mass is 254 g/mol. The molecular formula is C13H15ClO3. The summed E-state index contributed by atoms with van der Waals surface area (Å²) in [6, 6.07) is 5.50. The Morgan fingerprint density at radius 3 is 2.53 bits per heavy atom. The zero-order valence-corrected chi connectivity index (χ0v) is 10.9. The van der Waals surface area contributed by atoms with Crippen LogP contribution >= 0.6 is 11.6 Å². The minimum atomic E-state index is -0.871. The van der Waals surface area contributed by atoms with Gasteiger partial charge in [0.25, 0.3) is 0 Å². The lowest BCUT2D eigenvalue weighted by atomic mass is 9.99. The van der Waals surface area contributed by atoms with Gasteiger partial charge in [-0.05, 0) is 19.4 Å². The number of hydrogen-bond acceptors (Lipinski definition) is 3. The first-order valence-corrected chi connectivity index (χ1v) is 5.71. The van der Waals surface area contributed by atoms with Crippen LogP contribution in [0.4, 0.5) is 0 Å². The highest BCUT2D eigenvalue weighted by molar-refractivity contribution is 6.35. The summed E-state index contributed by atoms with van der Waals surface area (Å²) in [5.41, 5.74) is 2.50. The van der Waals surface area contributed by atoms with Crippen molar-refractivity contribution in [2.75, 3.05) is 7.11 Å². The Morgan fingerprint density at radius 1 is 1.35 bits per heavy atom. The van der Waals surface area contributed by atoms with Crippen molar-refractivity contribution in [3.63, 3.8) is 0 Å². The van der Waals surface area contributed by atoms with E-state index in [2.05, 4.69) is 4.74 Å². The van der Waals surface area contributed by atoms with E-state index in [1.165, 1.54) is 7.11 Å². The highest BCUT2D eigenvalue weighted by Crippen LogP contribution is 2.17. The number of rotatable bonds is 4. The second kappa shape index (κ2) is 5.82. The van der Waals surface area contributed by atoms with Gasteiger partial charge in [-0.3, -0.25) is 9.59 Å². The topological polar surface area (TPSA) is 43.4 Å². The SMILES string of the molecule is COC(=O)CC(Cl)C(=O)c1ccc(C)cc1C. The lowest BCUT2D eigenvalue weighted by Crippen LogP contribution is -2.20. The van der Waals surface area contributed by atoms with Crippen LogP contribution in [0.15, 0.2) is 18.2 Å². The fourth-order valence-electron chi connectivity index (χ4n) is 1.58. The Hall–Kier alpha value is -1.35. The number of ether oxygens (including phenoxy) is 1. The Bertz CT molecular complexity index is 440. The number of benzene rings is 1. The summed E-state index contributed by atoms with van der Waals surface area (Å²) in [6.07, 6.45) is -0.107. The highest BCUT2D eigenvalue weighted by atomic mass is 35.5. The summed E-state index contributed by atoms with van der Waals surface area (Å²) in [6.45, 7) is 3.80. The molecule has 0 aliphatic rings. The minimum absolute atomic E-state index is 0.107. The van der Waals surface area contributed by atoms with E-state index >= 15 is 0 Å². The van der Waals surface area contributed by atoms with Crippen LogP contribution in [0.25, 0.3) is 0 Å². The largest absolute Gasteiger partial charge is 0.469 e. The number of ketones is 1. The molecule has 0 heterocycles. The number of esters is 1. The van der Waals surface area contributed by atoms with E-state index in [0.29, 0.717) is 5.56 Å². The maximum Gasteiger partial charge on any atom is 0.307 e. The summed E-state index contributed by atoms with van der Waals surface area (Å²) in [7, 11) is 1.27. The minimum Gasteiger partial charge on any atom is -0.469 e. The van der Waals surface area contributed by atoms with E-state index in [9.17, 15) is 9.59 Å². The molecule has 0 fully saturated rings. The lowest BCUT2D eigenvalue weighted by Gasteiger charge is -2.10. The zero-order chi connectivity index (χ0) is 13.0. The van der Waals surface area contributed by atoms with Crippen LogP contribution in [0, 0.1) is 13.8 Å². The number of alkyl halides is 1. The fourth-order valence-corrected chi connectivity index (χ4v) is 1.82. The molecule has 0 bridgehead atoms. The molecule has 0 N–H and O–H groups in total. The first kappa shape index (κ1) is 13.7. The van der Waals surface area contributed by atoms with Crippen molar-refractivity contribution in [1.29, 1.82) is 0 Å². The number of Topliss-reactive ketones (excluding diaryl/α,β-unsaturated/α-hetero) is 1. The van der Waals surface area contributed by atoms with Crippen molar-refractivity contribution >= 4 is 23.4 Å². The molecule has 0 radical (unpaired) electrons. The zero-order valence-electron chi connectivity index (χ0n) is 10.1. The van der Waals surface area contributed by atoms with Crippen molar-refractivity contribution in [2.24, 2.45) is 0 Å². The number of hydrogen-bond donors (Lipinski definition) is 0. The highest BCUT2D eigenvalue weighted by Gasteiger charge is 2.22. The average Bonchev–Trinajstić information content (AvgIpc) is 2.28. The van der Waals surface area contributed by atoms with Gasteiger partial charge in [-0.1, -0.05) is 23.8 Å². The van der Waals surface area contributed by atoms with Crippen molar-refractivity contribution < 1.29 is 14.3 Å². The molecule has 1 rings (SSSR count). The molecule has 0 saturated heterocycles. The van der Waals surface area contributed by atoms with E-state index in [1.54, 1.807) is 6.07 Å². The third-order valence-corrected chi connectivity index (χ3v) is 2.86. The summed E-state index contributed by atoms with van der Waals surface area (Å²) < 4.78 is 4.48. The normalized spacial score (nSPS) is 12.0. The number of methoxy groups -OCH3 is 1. The van der Waals surface area contributed by atoms with Crippen LogP contribution in [0.5, 0.6) is 0 Å². The molecule has 1 aromatic rings. The maximum absolute atomic E-state index is 12.0. The Labute approximate surface area is 106 Å². The van der Waals surface area contributed by atoms with Gasteiger partial charge in [0.15, 0.2) is 5.78 Å². The van der Waals surface area contributed by atoms with Crippen LogP contribution in [0.3, 0.4) is 0 Å². The van der Waals surface area contributed by atoms with Gasteiger partial charge in [0, 0.05) is 5.56 Å². The van der Waals surface area contributed by atoms with Crippen molar-refractivity contribution in [2.45, 2.75) is 25.6 Å². The summed E-state index contributed by atoms with van der Waals surface area (Å²) in [4.78, 5) is 23.0. The number of aryl methyl sites for hydroxylation is 2. The van der Waals surface area contributed by atoms with E-state index in [0.717, 1.165) is 11.1 Å². The fraction of sp³-hybridized carbons (Fsp3) is 0.385. The van der Waals surface area contributed by atoms with Crippen LogP contribution in [0.2, 0.25) is 0 Å². The van der Waals surface area contributed by atoms with Crippen LogP contribution < -0.4 is 0 Å². The molecule has 0 amide bonds. The van der Waals surface area contributed by atoms with Gasteiger partial charge in [0.1, 0.15) is 5.38 Å². The van der Waals surface area contributed by atoms with Crippen LogP contribution in [-0.4, -0.2) is 24.2 Å². The number of carbonyl (C=O) groups excluding carboxylic acids is 2. The number of carbonyl (C=O) groups is 2. The van der Waals surface area contributed by atoms with Crippen molar-refractivity contribution in [3.05, 3.63) is 34.9 Å². The van der Waals surface area contributed by atoms with Crippen LogP contribution in [0.1, 0.15) is 27.9 Å². The van der Waals surface area contributed by atoms with Gasteiger partial charge in [-0.25, -0.2) is 0 Å². The van der Waals surface area contributed by atoms with E-state index < -0.39 is 11.3 Å². The first-order valence-electron chi connectivity index (χ1n) is 5.28. The van der Waals surface area contributed by atoms with Gasteiger partial charge in [-0.15, -0.1) is 11.6 Å². The van der Waals surface area contributed by atoms with Crippen molar-refractivity contribution in [3.8, 4) is 0 Å². The lowest BCUT2D eigenvalue weighted by molar-refractivity contribution is -0.140. The maximum atomic E-state index is 12.0. The molecule has 0 saturated carbocycles. The van der Waals surface area contributed by atoms with Gasteiger partial charge >= 0.3 is 5.97 Å². The van der Waals surface area contributed by atoms with Crippen LogP contribution in [-0.2, 0) is 9.53 Å². The molecule has 1 atom stereocenters. The Morgan fingerprint density at radius 2 is 2.00 bits per heavy atom. The van der Waals surface area contributed by atoms with Gasteiger partial charge < -0.3 is 4.74 Å². The molecule has 0 aliphatic carbocycles. The molecule has 1 unspecified atom stereocenters. The van der Waals surface area contributed by atoms with Gasteiger partial charge in [0.05, 0.1) is 13.5 Å². The molecule has 0 aliphatic heterocycles. The molecule has 4 heteroatoms. The standard InChI is InChI=1S/C13H15ClO3/c1-8-4-5-10(9(2)6-8)13(16)11(14)7-12(15)17-3/h4-6,11H,7H2,1-3H3. The molecule has 17 heavy (non-hydrogen) atoms. The molecular weight excluding hydrogens is 240 g/mol. The summed E-state index contributed by atoms with van der Waals surface area (Å²) in [5, 5.41) is -0.871. The second-order valence-corrected chi connectivity index (χ2v) is 4.46. The first-order chi connectivity index (χ1) is 7.95. The number of halogens is 1. The average molecular weight is 255 g/mol. The summed E-state index contributed by atoms with van der Waals surface area (Å²) in [5.74, 6) is -0.724. The van der Waals surface area contributed by atoms with E-state index in [-0.39, 0.29) is 12.2 Å². The van der Waals surface area contributed by atoms with E-state index in [1.807, 2.05) is 26.0 Å². The second-order valence-electron chi connectivity index (χ2n) is 3.93. The Kier molecular flexibility index (Phi) is 4.70. The third kappa shape index (κ3) is 3.56. The predicted molar refractivity (Wildman–Crippen MR) is 66.5 cm³/mol. The molecule has 92 valence electrons. The quantitative estimate of drug-likeness (QED) is 0.471. The smallest absolute Gasteiger partial charge is 0.307 e. The summed E-state index contributed by atoms with van der Waals surface area (Å²) >= 11 is 5.90. The Balaban J connectivity index is 2.85.